The number of hydrogen-bond acceptors (Lipinski definition) is 3. The molecule has 2 amide bonds. The van der Waals surface area contributed by atoms with E-state index in [0.29, 0.717) is 27.8 Å². The summed E-state index contributed by atoms with van der Waals surface area (Å²) in [6.45, 7) is 1.93. The zero-order valence-corrected chi connectivity index (χ0v) is 12.5. The molecule has 0 unspecified atom stereocenters. The molecular weight excluding hydrogens is 290 g/mol. The van der Waals surface area contributed by atoms with Crippen LogP contribution in [0.4, 0.5) is 21.9 Å². The van der Waals surface area contributed by atoms with Crippen LogP contribution in [0.15, 0.2) is 36.4 Å². The molecule has 0 aromatic heterocycles. The lowest BCUT2D eigenvalue weighted by Crippen LogP contribution is -2.20. The number of rotatable bonds is 3. The molecule has 2 aromatic carbocycles. The van der Waals surface area contributed by atoms with Gasteiger partial charge in [0.15, 0.2) is 0 Å². The Morgan fingerprint density at radius 1 is 1.14 bits per heavy atom. The highest BCUT2D eigenvalue weighted by Gasteiger charge is 2.09. The number of amides is 2. The van der Waals surface area contributed by atoms with Crippen molar-refractivity contribution in [1.82, 2.24) is 0 Å². The first-order valence-electron chi connectivity index (χ1n) is 6.27. The van der Waals surface area contributed by atoms with Gasteiger partial charge in [-0.3, -0.25) is 0 Å². The number of hydrogen-bond donors (Lipinski definition) is 3. The van der Waals surface area contributed by atoms with Gasteiger partial charge in [0.2, 0.25) is 0 Å². The van der Waals surface area contributed by atoms with Crippen LogP contribution < -0.4 is 21.1 Å². The smallest absolute Gasteiger partial charge is 0.323 e. The molecule has 0 aliphatic heterocycles. The number of nitrogens with one attached hydrogen (secondary N) is 2. The lowest BCUT2D eigenvalue weighted by atomic mass is 10.2. The van der Waals surface area contributed by atoms with Gasteiger partial charge in [-0.1, -0.05) is 17.7 Å². The highest BCUT2D eigenvalue weighted by molar-refractivity contribution is 6.31. The third kappa shape index (κ3) is 3.79. The van der Waals surface area contributed by atoms with E-state index in [1.165, 1.54) is 7.11 Å². The fourth-order valence-electron chi connectivity index (χ4n) is 1.85. The molecule has 0 bridgehead atoms. The van der Waals surface area contributed by atoms with Crippen LogP contribution in [-0.2, 0) is 0 Å². The molecule has 0 spiro atoms. The molecule has 0 atom stereocenters. The molecule has 0 aliphatic carbocycles. The Hall–Kier alpha value is -2.40. The molecule has 0 saturated carbocycles. The number of carbonyl (C=O) groups is 1. The van der Waals surface area contributed by atoms with Crippen molar-refractivity contribution in [2.75, 3.05) is 23.5 Å². The van der Waals surface area contributed by atoms with Gasteiger partial charge in [0, 0.05) is 5.02 Å². The highest BCUT2D eigenvalue weighted by Crippen LogP contribution is 2.28. The number of benzene rings is 2. The number of anilines is 3. The first-order valence-corrected chi connectivity index (χ1v) is 6.65. The minimum atomic E-state index is -0.425. The first kappa shape index (κ1) is 15.0. The Morgan fingerprint density at radius 3 is 2.52 bits per heavy atom. The van der Waals surface area contributed by atoms with Crippen LogP contribution in [-0.4, -0.2) is 13.1 Å². The fraction of sp³-hybridized carbons (Fsp3) is 0.133. The molecule has 4 N–H and O–H groups in total. The molecule has 2 aromatic rings. The van der Waals surface area contributed by atoms with Crippen LogP contribution in [0.1, 0.15) is 5.56 Å². The van der Waals surface area contributed by atoms with Crippen molar-refractivity contribution in [3.63, 3.8) is 0 Å². The monoisotopic (exact) mass is 305 g/mol. The lowest BCUT2D eigenvalue weighted by molar-refractivity contribution is 0.262. The van der Waals surface area contributed by atoms with Crippen LogP contribution in [0, 0.1) is 6.92 Å². The van der Waals surface area contributed by atoms with Gasteiger partial charge in [-0.25, -0.2) is 4.79 Å². The molecule has 110 valence electrons. The fourth-order valence-corrected chi connectivity index (χ4v) is 2.02. The summed E-state index contributed by atoms with van der Waals surface area (Å²) >= 11 is 5.91. The third-order valence-corrected chi connectivity index (χ3v) is 3.10. The van der Waals surface area contributed by atoms with Gasteiger partial charge in [0.05, 0.1) is 24.2 Å². The van der Waals surface area contributed by atoms with E-state index in [1.807, 2.05) is 13.0 Å². The Balaban J connectivity index is 2.13. The summed E-state index contributed by atoms with van der Waals surface area (Å²) < 4.78 is 5.17. The van der Waals surface area contributed by atoms with E-state index in [9.17, 15) is 4.79 Å². The van der Waals surface area contributed by atoms with Gasteiger partial charge in [-0.2, -0.15) is 0 Å². The van der Waals surface area contributed by atoms with Gasteiger partial charge < -0.3 is 21.1 Å². The second-order valence-corrected chi connectivity index (χ2v) is 4.95. The SMILES string of the molecule is COc1ccc(Cl)cc1NC(=O)Nc1ccc(C)cc1N. The molecular formula is C15H16ClN3O2. The largest absolute Gasteiger partial charge is 0.495 e. The van der Waals surface area contributed by atoms with Crippen LogP contribution >= 0.6 is 11.6 Å². The number of methoxy groups -OCH3 is 1. The maximum atomic E-state index is 12.0. The maximum Gasteiger partial charge on any atom is 0.323 e. The zero-order chi connectivity index (χ0) is 15.4. The first-order chi connectivity index (χ1) is 9.99. The van der Waals surface area contributed by atoms with Crippen molar-refractivity contribution in [2.24, 2.45) is 0 Å². The van der Waals surface area contributed by atoms with Crippen LogP contribution in [0.2, 0.25) is 5.02 Å². The summed E-state index contributed by atoms with van der Waals surface area (Å²) in [6, 6.07) is 9.95. The summed E-state index contributed by atoms with van der Waals surface area (Å²) in [5.74, 6) is 0.520. The van der Waals surface area contributed by atoms with E-state index in [4.69, 9.17) is 22.1 Å². The minimum Gasteiger partial charge on any atom is -0.495 e. The van der Waals surface area contributed by atoms with Crippen molar-refractivity contribution in [3.8, 4) is 5.75 Å². The van der Waals surface area contributed by atoms with Crippen molar-refractivity contribution in [3.05, 3.63) is 47.0 Å². The second-order valence-electron chi connectivity index (χ2n) is 4.51. The van der Waals surface area contributed by atoms with E-state index >= 15 is 0 Å². The van der Waals surface area contributed by atoms with Crippen molar-refractivity contribution < 1.29 is 9.53 Å². The molecule has 0 saturated heterocycles. The summed E-state index contributed by atoms with van der Waals surface area (Å²) in [6.07, 6.45) is 0. The Morgan fingerprint density at radius 2 is 1.86 bits per heavy atom. The average molecular weight is 306 g/mol. The number of nitrogen functional groups attached to an aromatic ring is 1. The van der Waals surface area contributed by atoms with E-state index in [0.717, 1.165) is 5.56 Å². The summed E-state index contributed by atoms with van der Waals surface area (Å²) in [7, 11) is 1.52. The van der Waals surface area contributed by atoms with Crippen LogP contribution in [0.25, 0.3) is 0 Å². The average Bonchev–Trinajstić information content (AvgIpc) is 2.42. The zero-order valence-electron chi connectivity index (χ0n) is 11.7. The quantitative estimate of drug-likeness (QED) is 0.753. The highest BCUT2D eigenvalue weighted by atomic mass is 35.5. The van der Waals surface area contributed by atoms with Crippen molar-refractivity contribution in [2.45, 2.75) is 6.92 Å². The number of halogens is 1. The number of urea groups is 1. The van der Waals surface area contributed by atoms with Gasteiger partial charge in [-0.15, -0.1) is 0 Å². The predicted molar refractivity (Wildman–Crippen MR) is 86.2 cm³/mol. The Kier molecular flexibility index (Phi) is 4.55. The standard InChI is InChI=1S/C15H16ClN3O2/c1-9-3-5-12(11(17)7-9)18-15(20)19-13-8-10(16)4-6-14(13)21-2/h3-8H,17H2,1-2H3,(H2,18,19,20). The third-order valence-electron chi connectivity index (χ3n) is 2.86. The topological polar surface area (TPSA) is 76.4 Å². The predicted octanol–water partition coefficient (Wildman–Crippen LogP) is 3.88. The Bertz CT molecular complexity index is 674. The minimum absolute atomic E-state index is 0.425. The van der Waals surface area contributed by atoms with Crippen LogP contribution in [0.3, 0.4) is 0 Å². The second kappa shape index (κ2) is 6.37. The molecule has 21 heavy (non-hydrogen) atoms. The normalized spacial score (nSPS) is 10.0. The number of ether oxygens (including phenoxy) is 1. The van der Waals surface area contributed by atoms with E-state index in [-0.39, 0.29) is 0 Å². The number of aryl methyl sites for hydroxylation is 1. The molecule has 0 heterocycles. The molecule has 2 rings (SSSR count). The summed E-state index contributed by atoms with van der Waals surface area (Å²) in [5.41, 5.74) is 8.40. The summed E-state index contributed by atoms with van der Waals surface area (Å²) in [5, 5.41) is 5.86. The van der Waals surface area contributed by atoms with E-state index in [1.54, 1.807) is 30.3 Å². The summed E-state index contributed by atoms with van der Waals surface area (Å²) in [4.78, 5) is 12.0. The van der Waals surface area contributed by atoms with Crippen molar-refractivity contribution in [1.29, 1.82) is 0 Å². The van der Waals surface area contributed by atoms with E-state index < -0.39 is 6.03 Å². The maximum absolute atomic E-state index is 12.0. The van der Waals surface area contributed by atoms with Gasteiger partial charge >= 0.3 is 6.03 Å². The molecule has 0 fully saturated rings. The Labute approximate surface area is 128 Å². The van der Waals surface area contributed by atoms with E-state index in [2.05, 4.69) is 10.6 Å². The number of carbonyl (C=O) groups excluding carboxylic acids is 1. The van der Waals surface area contributed by atoms with Crippen molar-refractivity contribution >= 4 is 34.7 Å². The lowest BCUT2D eigenvalue weighted by Gasteiger charge is -2.12. The number of nitrogens with two attached hydrogens (primary N) is 1. The molecule has 0 aliphatic rings. The van der Waals surface area contributed by atoms with Gasteiger partial charge in [0.25, 0.3) is 0 Å². The molecule has 0 radical (unpaired) electrons. The molecule has 6 heteroatoms. The van der Waals surface area contributed by atoms with Gasteiger partial charge in [-0.05, 0) is 42.8 Å². The van der Waals surface area contributed by atoms with Crippen LogP contribution in [0.5, 0.6) is 5.75 Å². The molecule has 5 nitrogen and oxygen atoms in total. The van der Waals surface area contributed by atoms with Gasteiger partial charge in [0.1, 0.15) is 5.75 Å².